The Bertz CT molecular complexity index is 1300. The van der Waals surface area contributed by atoms with Crippen LogP contribution in [-0.4, -0.2) is 13.0 Å². The number of hydrogen-bond acceptors (Lipinski definition) is 4. The fourth-order valence-corrected chi connectivity index (χ4v) is 3.49. The first-order chi connectivity index (χ1) is 14.5. The number of anilines is 1. The van der Waals surface area contributed by atoms with E-state index < -0.39 is 5.91 Å². The molecule has 0 saturated heterocycles. The molecule has 0 aliphatic carbocycles. The van der Waals surface area contributed by atoms with Gasteiger partial charge in [-0.05, 0) is 60.2 Å². The predicted octanol–water partition coefficient (Wildman–Crippen LogP) is 6.14. The summed E-state index contributed by atoms with van der Waals surface area (Å²) < 4.78 is 11.9. The number of ether oxygens (including phenoxy) is 1. The zero-order valence-corrected chi connectivity index (χ0v) is 18.1. The van der Waals surface area contributed by atoms with Crippen LogP contribution in [-0.2, 0) is 0 Å². The fraction of sp³-hybridized carbons (Fsp3) is 0.0435. The van der Waals surface area contributed by atoms with Crippen LogP contribution in [0.3, 0.4) is 0 Å². The van der Waals surface area contributed by atoms with E-state index in [0.29, 0.717) is 32.9 Å². The molecule has 4 rings (SSSR count). The van der Waals surface area contributed by atoms with Crippen LogP contribution in [0, 0.1) is 0 Å². The highest BCUT2D eigenvalue weighted by molar-refractivity contribution is 9.10. The van der Waals surface area contributed by atoms with Gasteiger partial charge in [-0.2, -0.15) is 0 Å². The summed E-state index contributed by atoms with van der Waals surface area (Å²) in [6.07, 6.45) is 0. The van der Waals surface area contributed by atoms with Crippen LogP contribution in [0.2, 0.25) is 5.02 Å². The molecule has 4 aromatic rings. The first kappa shape index (κ1) is 20.2. The molecular weight excluding hydrogens is 470 g/mol. The monoisotopic (exact) mass is 483 g/mol. The summed E-state index contributed by atoms with van der Waals surface area (Å²) in [5.41, 5.74) is 1.30. The summed E-state index contributed by atoms with van der Waals surface area (Å²) in [6, 6.07) is 18.6. The van der Waals surface area contributed by atoms with Crippen molar-refractivity contribution in [2.45, 2.75) is 0 Å². The standard InChI is InChI=1S/C23H15BrClNO4/c1-29-17-9-4-14(5-10-17)22(28)26-23-20(13-2-6-15(24)7-3-13)21(27)18-12-16(25)8-11-19(18)30-23/h2-12H,1H3,(H,26,28). The van der Waals surface area contributed by atoms with Gasteiger partial charge in [0.05, 0.1) is 18.1 Å². The quantitative estimate of drug-likeness (QED) is 0.378. The molecule has 3 aromatic carbocycles. The summed E-state index contributed by atoms with van der Waals surface area (Å²) >= 11 is 9.46. The van der Waals surface area contributed by atoms with Crippen molar-refractivity contribution >= 4 is 50.3 Å². The minimum atomic E-state index is -0.410. The number of halogens is 2. The number of rotatable bonds is 4. The molecule has 0 atom stereocenters. The normalized spacial score (nSPS) is 10.8. The maximum atomic E-state index is 13.3. The number of carbonyl (C=O) groups excluding carboxylic acids is 1. The third kappa shape index (κ3) is 3.97. The Morgan fingerprint density at radius 3 is 2.40 bits per heavy atom. The minimum absolute atomic E-state index is 0.0676. The molecule has 0 saturated carbocycles. The van der Waals surface area contributed by atoms with Gasteiger partial charge in [0.15, 0.2) is 0 Å². The highest BCUT2D eigenvalue weighted by atomic mass is 79.9. The maximum absolute atomic E-state index is 13.3. The van der Waals surface area contributed by atoms with E-state index in [0.717, 1.165) is 4.47 Å². The largest absolute Gasteiger partial charge is 0.497 e. The molecule has 0 unspecified atom stereocenters. The Labute approximate surface area is 185 Å². The van der Waals surface area contributed by atoms with Gasteiger partial charge in [0.1, 0.15) is 11.3 Å². The van der Waals surface area contributed by atoms with Crippen LogP contribution < -0.4 is 15.5 Å². The molecule has 0 bridgehead atoms. The second-order valence-electron chi connectivity index (χ2n) is 6.47. The van der Waals surface area contributed by atoms with E-state index in [2.05, 4.69) is 21.2 Å². The number of hydrogen-bond donors (Lipinski definition) is 1. The zero-order chi connectivity index (χ0) is 21.3. The van der Waals surface area contributed by atoms with Gasteiger partial charge in [-0.25, -0.2) is 0 Å². The van der Waals surface area contributed by atoms with E-state index in [1.807, 2.05) is 12.1 Å². The van der Waals surface area contributed by atoms with E-state index in [-0.39, 0.29) is 16.9 Å². The van der Waals surface area contributed by atoms with Crippen LogP contribution in [0.4, 0.5) is 5.88 Å². The number of carbonyl (C=O) groups is 1. The third-order valence-electron chi connectivity index (χ3n) is 4.56. The van der Waals surface area contributed by atoms with Gasteiger partial charge in [-0.1, -0.05) is 39.7 Å². The minimum Gasteiger partial charge on any atom is -0.497 e. The van der Waals surface area contributed by atoms with Crippen molar-refractivity contribution in [3.8, 4) is 16.9 Å². The molecular formula is C23H15BrClNO4. The van der Waals surface area contributed by atoms with Gasteiger partial charge >= 0.3 is 0 Å². The first-order valence-electron chi connectivity index (χ1n) is 8.94. The van der Waals surface area contributed by atoms with Crippen molar-refractivity contribution in [2.75, 3.05) is 12.4 Å². The van der Waals surface area contributed by atoms with E-state index in [9.17, 15) is 9.59 Å². The predicted molar refractivity (Wildman–Crippen MR) is 122 cm³/mol. The van der Waals surface area contributed by atoms with Crippen molar-refractivity contribution in [3.05, 3.63) is 92.0 Å². The first-order valence-corrected chi connectivity index (χ1v) is 10.1. The summed E-state index contributed by atoms with van der Waals surface area (Å²) in [4.78, 5) is 26.1. The molecule has 1 aromatic heterocycles. The van der Waals surface area contributed by atoms with Crippen LogP contribution in [0.15, 0.2) is 80.4 Å². The number of fused-ring (bicyclic) bond motifs is 1. The van der Waals surface area contributed by atoms with Crippen molar-refractivity contribution in [3.63, 3.8) is 0 Å². The Kier molecular flexibility index (Phi) is 5.61. The fourth-order valence-electron chi connectivity index (χ4n) is 3.05. The number of benzene rings is 3. The Hall–Kier alpha value is -3.09. The molecule has 7 heteroatoms. The molecule has 0 spiro atoms. The molecule has 0 fully saturated rings. The lowest BCUT2D eigenvalue weighted by atomic mass is 10.0. The molecule has 0 radical (unpaired) electrons. The topological polar surface area (TPSA) is 68.5 Å². The summed E-state index contributed by atoms with van der Waals surface area (Å²) in [6.45, 7) is 0. The van der Waals surface area contributed by atoms with Crippen molar-refractivity contribution in [1.82, 2.24) is 0 Å². The molecule has 1 heterocycles. The molecule has 0 aliphatic rings. The second kappa shape index (κ2) is 8.34. The highest BCUT2D eigenvalue weighted by Gasteiger charge is 2.19. The Morgan fingerprint density at radius 1 is 1.03 bits per heavy atom. The molecule has 150 valence electrons. The van der Waals surface area contributed by atoms with E-state index in [1.54, 1.807) is 61.7 Å². The summed E-state index contributed by atoms with van der Waals surface area (Å²) in [5.74, 6) is 0.293. The molecule has 0 aliphatic heterocycles. The van der Waals surface area contributed by atoms with E-state index >= 15 is 0 Å². The van der Waals surface area contributed by atoms with Gasteiger partial charge < -0.3 is 9.15 Å². The second-order valence-corrected chi connectivity index (χ2v) is 7.82. The van der Waals surface area contributed by atoms with E-state index in [4.69, 9.17) is 20.8 Å². The Morgan fingerprint density at radius 2 is 1.73 bits per heavy atom. The van der Waals surface area contributed by atoms with Gasteiger partial charge in [0.25, 0.3) is 5.91 Å². The molecule has 5 nitrogen and oxygen atoms in total. The zero-order valence-electron chi connectivity index (χ0n) is 15.7. The van der Waals surface area contributed by atoms with Crippen molar-refractivity contribution in [2.24, 2.45) is 0 Å². The molecule has 1 amide bonds. The smallest absolute Gasteiger partial charge is 0.257 e. The number of amides is 1. The van der Waals surface area contributed by atoms with E-state index in [1.165, 1.54) is 0 Å². The van der Waals surface area contributed by atoms with Gasteiger partial charge in [0.2, 0.25) is 11.3 Å². The number of nitrogens with one attached hydrogen (secondary N) is 1. The third-order valence-corrected chi connectivity index (χ3v) is 5.33. The van der Waals surface area contributed by atoms with Crippen LogP contribution >= 0.6 is 27.5 Å². The number of methoxy groups -OCH3 is 1. The SMILES string of the molecule is COc1ccc(C(=O)Nc2oc3ccc(Cl)cc3c(=O)c2-c2ccc(Br)cc2)cc1. The Balaban J connectivity index is 1.85. The average Bonchev–Trinajstić information content (AvgIpc) is 2.75. The van der Waals surface area contributed by atoms with Gasteiger partial charge in [0, 0.05) is 15.1 Å². The lowest BCUT2D eigenvalue weighted by Gasteiger charge is -2.12. The van der Waals surface area contributed by atoms with Crippen molar-refractivity contribution < 1.29 is 13.9 Å². The van der Waals surface area contributed by atoms with Crippen LogP contribution in [0.5, 0.6) is 5.75 Å². The van der Waals surface area contributed by atoms with Gasteiger partial charge in [-0.3, -0.25) is 14.9 Å². The lowest BCUT2D eigenvalue weighted by molar-refractivity contribution is 0.102. The molecule has 30 heavy (non-hydrogen) atoms. The average molecular weight is 485 g/mol. The lowest BCUT2D eigenvalue weighted by Crippen LogP contribution is -2.16. The molecule has 1 N–H and O–H groups in total. The van der Waals surface area contributed by atoms with Crippen LogP contribution in [0.1, 0.15) is 10.4 Å². The van der Waals surface area contributed by atoms with Gasteiger partial charge in [-0.15, -0.1) is 0 Å². The summed E-state index contributed by atoms with van der Waals surface area (Å²) in [5, 5.41) is 3.49. The maximum Gasteiger partial charge on any atom is 0.257 e. The van der Waals surface area contributed by atoms with Crippen molar-refractivity contribution in [1.29, 1.82) is 0 Å². The van der Waals surface area contributed by atoms with Crippen LogP contribution in [0.25, 0.3) is 22.1 Å². The summed E-state index contributed by atoms with van der Waals surface area (Å²) in [7, 11) is 1.55. The highest BCUT2D eigenvalue weighted by Crippen LogP contribution is 2.31.